The van der Waals surface area contributed by atoms with Gasteiger partial charge < -0.3 is 10.4 Å². The van der Waals surface area contributed by atoms with Crippen molar-refractivity contribution in [1.82, 2.24) is 10.3 Å². The molecule has 1 amide bonds. The summed E-state index contributed by atoms with van der Waals surface area (Å²) in [6, 6.07) is 6.23. The molecule has 1 aromatic heterocycles. The highest BCUT2D eigenvalue weighted by Gasteiger charge is 2.24. The molecule has 1 heterocycles. The lowest BCUT2D eigenvalue weighted by Gasteiger charge is -2.28. The third-order valence-electron chi connectivity index (χ3n) is 4.29. The van der Waals surface area contributed by atoms with Crippen LogP contribution >= 0.6 is 11.3 Å². The van der Waals surface area contributed by atoms with E-state index in [9.17, 15) is 14.3 Å². The maximum Gasteiger partial charge on any atom is 0.226 e. The van der Waals surface area contributed by atoms with Gasteiger partial charge in [0.2, 0.25) is 5.91 Å². The number of nitrogens with zero attached hydrogens (tertiary/aromatic N) is 1. The van der Waals surface area contributed by atoms with Gasteiger partial charge in [-0.25, -0.2) is 9.37 Å². The molecule has 1 aliphatic rings. The van der Waals surface area contributed by atoms with E-state index in [0.717, 1.165) is 41.9 Å². The Morgan fingerprint density at radius 1 is 1.29 bits per heavy atom. The Labute approximate surface area is 144 Å². The van der Waals surface area contributed by atoms with Gasteiger partial charge in [0.25, 0.3) is 0 Å². The molecule has 2 N–H and O–H groups in total. The fourth-order valence-electron chi connectivity index (χ4n) is 2.99. The Morgan fingerprint density at radius 2 is 2.04 bits per heavy atom. The van der Waals surface area contributed by atoms with Gasteiger partial charge >= 0.3 is 0 Å². The summed E-state index contributed by atoms with van der Waals surface area (Å²) >= 11 is 1.50. The first-order chi connectivity index (χ1) is 11.6. The van der Waals surface area contributed by atoms with Crippen LogP contribution in [-0.4, -0.2) is 28.1 Å². The highest BCUT2D eigenvalue weighted by Crippen LogP contribution is 2.19. The molecule has 1 aromatic carbocycles. The minimum absolute atomic E-state index is 0.0976. The van der Waals surface area contributed by atoms with E-state index < -0.39 is 6.10 Å². The third kappa shape index (κ3) is 4.61. The van der Waals surface area contributed by atoms with Crippen molar-refractivity contribution in [3.05, 3.63) is 51.7 Å². The number of thiazole rings is 1. The van der Waals surface area contributed by atoms with Gasteiger partial charge in [-0.2, -0.15) is 0 Å². The maximum atomic E-state index is 12.9. The first kappa shape index (κ1) is 17.0. The summed E-state index contributed by atoms with van der Waals surface area (Å²) in [6.07, 6.45) is 4.07. The van der Waals surface area contributed by atoms with E-state index in [2.05, 4.69) is 10.3 Å². The predicted octanol–water partition coefficient (Wildman–Crippen LogP) is 2.84. The lowest BCUT2D eigenvalue weighted by atomic mass is 9.92. The lowest BCUT2D eigenvalue weighted by molar-refractivity contribution is -0.122. The fraction of sp³-hybridized carbons (Fsp3) is 0.444. The van der Waals surface area contributed by atoms with Crippen molar-refractivity contribution in [3.8, 4) is 0 Å². The van der Waals surface area contributed by atoms with Crippen LogP contribution in [0.4, 0.5) is 4.39 Å². The van der Waals surface area contributed by atoms with Crippen LogP contribution in [0.15, 0.2) is 29.6 Å². The van der Waals surface area contributed by atoms with Crippen LogP contribution in [0.1, 0.15) is 41.9 Å². The van der Waals surface area contributed by atoms with Crippen molar-refractivity contribution < 1.29 is 14.3 Å². The van der Waals surface area contributed by atoms with Gasteiger partial charge in [0.1, 0.15) is 5.82 Å². The summed E-state index contributed by atoms with van der Waals surface area (Å²) in [5.74, 6) is -0.347. The summed E-state index contributed by atoms with van der Waals surface area (Å²) in [7, 11) is 0. The van der Waals surface area contributed by atoms with Crippen LogP contribution in [0.2, 0.25) is 0 Å². The van der Waals surface area contributed by atoms with Gasteiger partial charge in [0, 0.05) is 11.8 Å². The Hall–Kier alpha value is -1.79. The smallest absolute Gasteiger partial charge is 0.226 e. The van der Waals surface area contributed by atoms with Crippen LogP contribution in [0, 0.1) is 5.82 Å². The number of halogens is 1. The summed E-state index contributed by atoms with van der Waals surface area (Å²) in [5, 5.41) is 15.6. The number of hydrogen-bond donors (Lipinski definition) is 2. The molecular weight excluding hydrogens is 327 g/mol. The number of nitrogens with one attached hydrogen (secondary N) is 1. The first-order valence-corrected chi connectivity index (χ1v) is 9.13. The zero-order valence-electron chi connectivity index (χ0n) is 13.4. The van der Waals surface area contributed by atoms with E-state index >= 15 is 0 Å². The Kier molecular flexibility index (Phi) is 5.58. The molecule has 3 rings (SSSR count). The van der Waals surface area contributed by atoms with E-state index in [1.165, 1.54) is 23.5 Å². The summed E-state index contributed by atoms with van der Waals surface area (Å²) in [6.45, 7) is 0. The number of carbonyl (C=O) groups excluding carboxylic acids is 1. The first-order valence-electron chi connectivity index (χ1n) is 8.25. The summed E-state index contributed by atoms with van der Waals surface area (Å²) in [4.78, 5) is 16.6. The topological polar surface area (TPSA) is 62.2 Å². The highest BCUT2D eigenvalue weighted by molar-refractivity contribution is 7.09. The van der Waals surface area contributed by atoms with Gasteiger partial charge in [-0.05, 0) is 30.5 Å². The molecule has 0 aliphatic heterocycles. The van der Waals surface area contributed by atoms with Gasteiger partial charge in [-0.1, -0.05) is 25.0 Å². The molecule has 24 heavy (non-hydrogen) atoms. The third-order valence-corrected chi connectivity index (χ3v) is 5.18. The van der Waals surface area contributed by atoms with Crippen molar-refractivity contribution in [3.63, 3.8) is 0 Å². The van der Waals surface area contributed by atoms with E-state index in [1.54, 1.807) is 12.1 Å². The average Bonchev–Trinajstić information content (AvgIpc) is 2.99. The second kappa shape index (κ2) is 7.85. The van der Waals surface area contributed by atoms with E-state index in [1.807, 2.05) is 5.38 Å². The molecule has 1 saturated carbocycles. The summed E-state index contributed by atoms with van der Waals surface area (Å²) in [5.41, 5.74) is 1.73. The van der Waals surface area contributed by atoms with Crippen LogP contribution < -0.4 is 5.32 Å². The molecule has 0 radical (unpaired) electrons. The number of aliphatic hydroxyl groups excluding tert-OH is 1. The number of aromatic nitrogens is 1. The Bertz CT molecular complexity index is 687. The molecule has 2 unspecified atom stereocenters. The molecule has 1 fully saturated rings. The number of aliphatic hydroxyl groups is 1. The minimum atomic E-state index is -0.438. The quantitative estimate of drug-likeness (QED) is 0.873. The van der Waals surface area contributed by atoms with Crippen LogP contribution in [0.3, 0.4) is 0 Å². The molecule has 2 aromatic rings. The molecule has 0 saturated heterocycles. The van der Waals surface area contributed by atoms with E-state index in [4.69, 9.17) is 0 Å². The zero-order valence-corrected chi connectivity index (χ0v) is 14.2. The molecule has 2 atom stereocenters. The fourth-order valence-corrected chi connectivity index (χ4v) is 3.82. The Balaban J connectivity index is 1.53. The van der Waals surface area contributed by atoms with Gasteiger partial charge in [0.05, 0.1) is 29.3 Å². The number of carbonyl (C=O) groups is 1. The van der Waals surface area contributed by atoms with E-state index in [0.29, 0.717) is 6.42 Å². The lowest BCUT2D eigenvalue weighted by Crippen LogP contribution is -2.45. The van der Waals surface area contributed by atoms with Crippen molar-refractivity contribution in [2.75, 3.05) is 0 Å². The second-order valence-electron chi connectivity index (χ2n) is 6.24. The van der Waals surface area contributed by atoms with E-state index in [-0.39, 0.29) is 24.2 Å². The monoisotopic (exact) mass is 348 g/mol. The molecule has 0 bridgehead atoms. The van der Waals surface area contributed by atoms with Crippen LogP contribution in [-0.2, 0) is 17.6 Å². The average molecular weight is 348 g/mol. The number of rotatable bonds is 5. The summed E-state index contributed by atoms with van der Waals surface area (Å²) < 4.78 is 12.9. The van der Waals surface area contributed by atoms with Crippen molar-refractivity contribution in [1.29, 1.82) is 0 Å². The minimum Gasteiger partial charge on any atom is -0.391 e. The van der Waals surface area contributed by atoms with Crippen LogP contribution in [0.5, 0.6) is 0 Å². The highest BCUT2D eigenvalue weighted by atomic mass is 32.1. The largest absolute Gasteiger partial charge is 0.391 e. The zero-order chi connectivity index (χ0) is 16.9. The molecule has 128 valence electrons. The standard InChI is InChI=1S/C18H21FN2O2S/c19-13-7-5-12(6-8-13)9-18-20-14(11-24-18)10-17(23)21-15-3-1-2-4-16(15)22/h5-8,11,15-16,22H,1-4,9-10H2,(H,21,23). The van der Waals surface area contributed by atoms with Gasteiger partial charge in [0.15, 0.2) is 0 Å². The van der Waals surface area contributed by atoms with Gasteiger partial charge in [-0.15, -0.1) is 11.3 Å². The molecule has 4 nitrogen and oxygen atoms in total. The number of amides is 1. The van der Waals surface area contributed by atoms with Crippen molar-refractivity contribution in [2.24, 2.45) is 0 Å². The van der Waals surface area contributed by atoms with Gasteiger partial charge in [-0.3, -0.25) is 4.79 Å². The number of benzene rings is 1. The van der Waals surface area contributed by atoms with Crippen LogP contribution in [0.25, 0.3) is 0 Å². The molecule has 1 aliphatic carbocycles. The normalized spacial score (nSPS) is 20.8. The van der Waals surface area contributed by atoms with Crippen molar-refractivity contribution >= 4 is 17.2 Å². The molecular formula is C18H21FN2O2S. The molecule has 6 heteroatoms. The van der Waals surface area contributed by atoms with Crippen molar-refractivity contribution in [2.45, 2.75) is 50.7 Å². The predicted molar refractivity (Wildman–Crippen MR) is 91.4 cm³/mol. The maximum absolute atomic E-state index is 12.9. The Morgan fingerprint density at radius 3 is 2.79 bits per heavy atom. The molecule has 0 spiro atoms. The number of hydrogen-bond acceptors (Lipinski definition) is 4. The SMILES string of the molecule is O=C(Cc1csc(Cc2ccc(F)cc2)n1)NC1CCCCC1O. The second-order valence-corrected chi connectivity index (χ2v) is 7.18.